The third-order valence-corrected chi connectivity index (χ3v) is 3.52. The highest BCUT2D eigenvalue weighted by Crippen LogP contribution is 2.08. The lowest BCUT2D eigenvalue weighted by Gasteiger charge is -2.02. The molecule has 1 aromatic heterocycles. The van der Waals surface area contributed by atoms with Gasteiger partial charge in [0, 0.05) is 12.6 Å². The molecule has 0 aromatic carbocycles. The van der Waals surface area contributed by atoms with Crippen LogP contribution in [0.4, 0.5) is 0 Å². The number of ether oxygens (including phenoxy) is 1. The van der Waals surface area contributed by atoms with Gasteiger partial charge in [0.05, 0.1) is 6.61 Å². The lowest BCUT2D eigenvalue weighted by molar-refractivity contribution is 0.0519. The molecule has 0 spiro atoms. The minimum atomic E-state index is -3.64. The van der Waals surface area contributed by atoms with E-state index in [0.717, 1.165) is 18.9 Å². The fourth-order valence-corrected chi connectivity index (χ4v) is 2.21. The van der Waals surface area contributed by atoms with Crippen LogP contribution in [0.3, 0.4) is 0 Å². The molecule has 102 valence electrons. The van der Waals surface area contributed by atoms with E-state index in [9.17, 15) is 13.2 Å². The van der Waals surface area contributed by atoms with Crippen molar-refractivity contribution in [2.75, 3.05) is 13.2 Å². The van der Waals surface area contributed by atoms with Gasteiger partial charge in [0.2, 0.25) is 0 Å². The van der Waals surface area contributed by atoms with Gasteiger partial charge in [-0.05, 0) is 13.3 Å². The molecule has 0 unspecified atom stereocenters. The summed E-state index contributed by atoms with van der Waals surface area (Å²) in [6.07, 6.45) is 1.64. The number of unbranched alkanes of at least 4 members (excludes halogenated alkanes) is 1. The number of nitrogens with zero attached hydrogens (tertiary/aromatic N) is 1. The zero-order valence-corrected chi connectivity index (χ0v) is 11.2. The van der Waals surface area contributed by atoms with E-state index in [1.807, 2.05) is 6.92 Å². The van der Waals surface area contributed by atoms with E-state index in [-0.39, 0.29) is 17.3 Å². The Kier molecular flexibility index (Phi) is 5.29. The van der Waals surface area contributed by atoms with Gasteiger partial charge in [-0.25, -0.2) is 17.9 Å². The highest BCUT2D eigenvalue weighted by atomic mass is 32.2. The Bertz CT molecular complexity index is 495. The van der Waals surface area contributed by atoms with Crippen molar-refractivity contribution in [3.8, 4) is 0 Å². The second kappa shape index (κ2) is 6.50. The molecule has 7 nitrogen and oxygen atoms in total. The van der Waals surface area contributed by atoms with E-state index in [2.05, 4.69) is 14.9 Å². The lowest BCUT2D eigenvalue weighted by Crippen LogP contribution is -2.25. The molecule has 18 heavy (non-hydrogen) atoms. The maximum Gasteiger partial charge on any atom is 0.358 e. The van der Waals surface area contributed by atoms with Crippen molar-refractivity contribution in [2.24, 2.45) is 0 Å². The zero-order valence-electron chi connectivity index (χ0n) is 10.4. The number of esters is 1. The Morgan fingerprint density at radius 3 is 2.83 bits per heavy atom. The third kappa shape index (κ3) is 3.81. The van der Waals surface area contributed by atoms with Gasteiger partial charge < -0.3 is 4.74 Å². The molecule has 0 aliphatic carbocycles. The predicted molar refractivity (Wildman–Crippen MR) is 64.6 cm³/mol. The summed E-state index contributed by atoms with van der Waals surface area (Å²) < 4.78 is 30.7. The maximum atomic E-state index is 11.8. The van der Waals surface area contributed by atoms with Gasteiger partial charge in [-0.15, -0.1) is 0 Å². The van der Waals surface area contributed by atoms with Crippen LogP contribution in [-0.2, 0) is 14.8 Å². The molecule has 0 bridgehead atoms. The van der Waals surface area contributed by atoms with E-state index < -0.39 is 16.0 Å². The van der Waals surface area contributed by atoms with Crippen molar-refractivity contribution < 1.29 is 17.9 Å². The Hall–Kier alpha value is -1.41. The Labute approximate surface area is 106 Å². The topological polar surface area (TPSA) is 101 Å². The third-order valence-electron chi connectivity index (χ3n) is 2.15. The molecule has 1 heterocycles. The van der Waals surface area contributed by atoms with Crippen LogP contribution in [0.1, 0.15) is 37.2 Å². The van der Waals surface area contributed by atoms with Crippen LogP contribution in [0.25, 0.3) is 0 Å². The number of aromatic nitrogens is 2. The van der Waals surface area contributed by atoms with Crippen LogP contribution in [0, 0.1) is 0 Å². The molecular weight excluding hydrogens is 258 g/mol. The largest absolute Gasteiger partial charge is 0.461 e. The first-order valence-electron chi connectivity index (χ1n) is 5.73. The van der Waals surface area contributed by atoms with E-state index >= 15 is 0 Å². The molecule has 0 aliphatic rings. The molecule has 0 amide bonds. The normalized spacial score (nSPS) is 11.4. The number of carbonyl (C=O) groups excluding carboxylic acids is 1. The lowest BCUT2D eigenvalue weighted by atomic mass is 10.3. The quantitative estimate of drug-likeness (QED) is 0.562. The van der Waals surface area contributed by atoms with Gasteiger partial charge in [0.15, 0.2) is 10.7 Å². The van der Waals surface area contributed by atoms with Gasteiger partial charge in [-0.3, -0.25) is 5.10 Å². The van der Waals surface area contributed by atoms with Crippen LogP contribution in [-0.4, -0.2) is 37.7 Å². The number of H-pyrrole nitrogens is 1. The standard InChI is InChI=1S/C10H17N3O4S/c1-3-5-6-11-18(15,16)9-7-8(12-13-9)10(14)17-4-2/h7,11H,3-6H2,1-2H3,(H,12,13). The maximum absolute atomic E-state index is 11.8. The molecule has 0 aliphatic heterocycles. The van der Waals surface area contributed by atoms with Crippen LogP contribution < -0.4 is 4.72 Å². The number of nitrogens with one attached hydrogen (secondary N) is 2. The summed E-state index contributed by atoms with van der Waals surface area (Å²) in [4.78, 5) is 11.3. The summed E-state index contributed by atoms with van der Waals surface area (Å²) >= 11 is 0. The summed E-state index contributed by atoms with van der Waals surface area (Å²) in [5.74, 6) is -0.649. The van der Waals surface area contributed by atoms with Crippen molar-refractivity contribution in [2.45, 2.75) is 31.7 Å². The average molecular weight is 275 g/mol. The minimum absolute atomic E-state index is 0.0484. The number of sulfonamides is 1. The van der Waals surface area contributed by atoms with Gasteiger partial charge in [0.25, 0.3) is 10.0 Å². The molecule has 0 atom stereocenters. The van der Waals surface area contributed by atoms with Gasteiger partial charge >= 0.3 is 5.97 Å². The molecule has 1 rings (SSSR count). The van der Waals surface area contributed by atoms with Crippen LogP contribution in [0.5, 0.6) is 0 Å². The SMILES string of the molecule is CCCCNS(=O)(=O)c1cc(C(=O)OCC)n[nH]1. The average Bonchev–Trinajstić information content (AvgIpc) is 2.79. The molecule has 2 N–H and O–H groups in total. The Morgan fingerprint density at radius 1 is 1.50 bits per heavy atom. The molecule has 0 fully saturated rings. The van der Waals surface area contributed by atoms with Crippen molar-refractivity contribution in [1.82, 2.24) is 14.9 Å². The summed E-state index contributed by atoms with van der Waals surface area (Å²) in [7, 11) is -3.64. The number of aromatic amines is 1. The second-order valence-corrected chi connectivity index (χ2v) is 5.32. The molecule has 1 aromatic rings. The van der Waals surface area contributed by atoms with Crippen LogP contribution in [0.15, 0.2) is 11.1 Å². The van der Waals surface area contributed by atoms with Crippen LogP contribution in [0.2, 0.25) is 0 Å². The van der Waals surface area contributed by atoms with Crippen molar-refractivity contribution in [3.05, 3.63) is 11.8 Å². The van der Waals surface area contributed by atoms with Crippen molar-refractivity contribution in [1.29, 1.82) is 0 Å². The first-order chi connectivity index (χ1) is 8.51. The number of carbonyl (C=O) groups is 1. The first-order valence-corrected chi connectivity index (χ1v) is 7.21. The van der Waals surface area contributed by atoms with Crippen molar-refractivity contribution in [3.63, 3.8) is 0 Å². The van der Waals surface area contributed by atoms with E-state index in [1.165, 1.54) is 0 Å². The second-order valence-electron chi connectivity index (χ2n) is 3.59. The highest BCUT2D eigenvalue weighted by molar-refractivity contribution is 7.89. The molecule has 0 saturated heterocycles. The van der Waals surface area contributed by atoms with Gasteiger partial charge in [0.1, 0.15) is 0 Å². The van der Waals surface area contributed by atoms with Gasteiger partial charge in [-0.1, -0.05) is 13.3 Å². The number of hydrogen-bond donors (Lipinski definition) is 2. The molecular formula is C10H17N3O4S. The fraction of sp³-hybridized carbons (Fsp3) is 0.600. The fourth-order valence-electron chi connectivity index (χ4n) is 1.21. The minimum Gasteiger partial charge on any atom is -0.461 e. The summed E-state index contributed by atoms with van der Waals surface area (Å²) in [6, 6.07) is 1.16. The highest BCUT2D eigenvalue weighted by Gasteiger charge is 2.19. The van der Waals surface area contributed by atoms with Crippen LogP contribution >= 0.6 is 0 Å². The van der Waals surface area contributed by atoms with Crippen molar-refractivity contribution >= 4 is 16.0 Å². The monoisotopic (exact) mass is 275 g/mol. The van der Waals surface area contributed by atoms with E-state index in [0.29, 0.717) is 6.54 Å². The Morgan fingerprint density at radius 2 is 2.22 bits per heavy atom. The summed E-state index contributed by atoms with van der Waals surface area (Å²) in [6.45, 7) is 4.19. The number of rotatable bonds is 7. The van der Waals surface area contributed by atoms with E-state index in [1.54, 1.807) is 6.92 Å². The number of hydrogen-bond acceptors (Lipinski definition) is 5. The summed E-state index contributed by atoms with van der Waals surface area (Å²) in [5.41, 5.74) is -0.0484. The Balaban J connectivity index is 2.75. The van der Waals surface area contributed by atoms with Gasteiger partial charge in [-0.2, -0.15) is 5.10 Å². The smallest absolute Gasteiger partial charge is 0.358 e. The first kappa shape index (κ1) is 14.7. The summed E-state index contributed by atoms with van der Waals surface area (Å²) in [5, 5.41) is 5.78. The molecule has 0 saturated carbocycles. The molecule has 0 radical (unpaired) electrons. The van der Waals surface area contributed by atoms with E-state index in [4.69, 9.17) is 4.74 Å². The zero-order chi connectivity index (χ0) is 13.6. The predicted octanol–water partition coefficient (Wildman–Crippen LogP) is 0.665. The molecule has 8 heteroatoms.